The number of sulfone groups is 1. The zero-order chi connectivity index (χ0) is 14.8. The molecule has 1 aromatic heterocycles. The molecule has 8 heteroatoms. The van der Waals surface area contributed by atoms with Crippen LogP contribution in [0, 0.1) is 0 Å². The van der Waals surface area contributed by atoms with Crippen molar-refractivity contribution < 1.29 is 18.0 Å². The lowest BCUT2D eigenvalue weighted by Crippen LogP contribution is -2.51. The van der Waals surface area contributed by atoms with E-state index < -0.39 is 15.9 Å². The van der Waals surface area contributed by atoms with Crippen molar-refractivity contribution in [3.05, 3.63) is 22.4 Å². The number of nitrogens with zero attached hydrogens (tertiary/aromatic N) is 1. The molecule has 2 heterocycles. The highest BCUT2D eigenvalue weighted by molar-refractivity contribution is 7.91. The number of rotatable bonds is 3. The SMILES string of the molecule is CC(NC(=O)c1ccsc1)C(=O)N1CCS(=O)(=O)CC1. The number of amides is 2. The average Bonchev–Trinajstić information content (AvgIpc) is 2.91. The van der Waals surface area contributed by atoms with Crippen LogP contribution in [0.3, 0.4) is 0 Å². The molecule has 1 aromatic rings. The molecule has 0 aliphatic carbocycles. The second-order valence-corrected chi connectivity index (χ2v) is 7.77. The van der Waals surface area contributed by atoms with Crippen LogP contribution in [0.25, 0.3) is 0 Å². The molecule has 1 fully saturated rings. The molecule has 0 bridgehead atoms. The Labute approximate surface area is 121 Å². The molecule has 1 unspecified atom stereocenters. The van der Waals surface area contributed by atoms with Crippen LogP contribution < -0.4 is 5.32 Å². The number of carbonyl (C=O) groups is 2. The molecule has 0 aromatic carbocycles. The summed E-state index contributed by atoms with van der Waals surface area (Å²) in [4.78, 5) is 25.5. The van der Waals surface area contributed by atoms with E-state index in [4.69, 9.17) is 0 Å². The predicted molar refractivity (Wildman–Crippen MR) is 76.5 cm³/mol. The zero-order valence-electron chi connectivity index (χ0n) is 11.0. The summed E-state index contributed by atoms with van der Waals surface area (Å²) in [6.45, 7) is 2.00. The summed E-state index contributed by atoms with van der Waals surface area (Å²) < 4.78 is 22.6. The zero-order valence-corrected chi connectivity index (χ0v) is 12.7. The van der Waals surface area contributed by atoms with Crippen molar-refractivity contribution in [2.75, 3.05) is 24.6 Å². The third-order valence-electron chi connectivity index (χ3n) is 3.16. The van der Waals surface area contributed by atoms with Gasteiger partial charge in [-0.15, -0.1) is 0 Å². The van der Waals surface area contributed by atoms with Gasteiger partial charge in [0.05, 0.1) is 17.1 Å². The minimum atomic E-state index is -3.01. The fraction of sp³-hybridized carbons (Fsp3) is 0.500. The first-order valence-electron chi connectivity index (χ1n) is 6.21. The van der Waals surface area contributed by atoms with Gasteiger partial charge in [0.25, 0.3) is 5.91 Å². The molecule has 1 aliphatic heterocycles. The summed E-state index contributed by atoms with van der Waals surface area (Å²) in [6, 6.07) is 1.02. The standard InChI is InChI=1S/C12H16N2O4S2/c1-9(13-11(15)10-2-5-19-8-10)12(16)14-3-6-20(17,18)7-4-14/h2,5,8-9H,3-4,6-7H2,1H3,(H,13,15). The lowest BCUT2D eigenvalue weighted by molar-refractivity contribution is -0.132. The van der Waals surface area contributed by atoms with Crippen molar-refractivity contribution in [3.63, 3.8) is 0 Å². The minimum Gasteiger partial charge on any atom is -0.340 e. The van der Waals surface area contributed by atoms with Crippen molar-refractivity contribution in [1.29, 1.82) is 0 Å². The van der Waals surface area contributed by atoms with Crippen molar-refractivity contribution in [3.8, 4) is 0 Å². The Bertz CT molecular complexity index is 581. The Morgan fingerprint density at radius 2 is 2.00 bits per heavy atom. The van der Waals surface area contributed by atoms with E-state index in [1.54, 1.807) is 23.8 Å². The van der Waals surface area contributed by atoms with Gasteiger partial charge in [-0.1, -0.05) is 0 Å². The molecule has 1 aliphatic rings. The van der Waals surface area contributed by atoms with Gasteiger partial charge in [0, 0.05) is 18.5 Å². The third-order valence-corrected chi connectivity index (χ3v) is 5.45. The van der Waals surface area contributed by atoms with Crippen molar-refractivity contribution in [2.45, 2.75) is 13.0 Å². The van der Waals surface area contributed by atoms with Crippen LogP contribution in [0.15, 0.2) is 16.8 Å². The summed E-state index contributed by atoms with van der Waals surface area (Å²) >= 11 is 1.41. The summed E-state index contributed by atoms with van der Waals surface area (Å²) in [6.07, 6.45) is 0. The van der Waals surface area contributed by atoms with Gasteiger partial charge in [-0.05, 0) is 18.4 Å². The van der Waals surface area contributed by atoms with Gasteiger partial charge in [0.15, 0.2) is 9.84 Å². The number of hydrogen-bond donors (Lipinski definition) is 1. The van der Waals surface area contributed by atoms with Crippen LogP contribution >= 0.6 is 11.3 Å². The maximum Gasteiger partial charge on any atom is 0.252 e. The second-order valence-electron chi connectivity index (χ2n) is 4.68. The lowest BCUT2D eigenvalue weighted by atomic mass is 10.2. The van der Waals surface area contributed by atoms with Gasteiger partial charge in [-0.2, -0.15) is 11.3 Å². The normalized spacial score (nSPS) is 19.4. The Morgan fingerprint density at radius 1 is 1.35 bits per heavy atom. The highest BCUT2D eigenvalue weighted by atomic mass is 32.2. The molecule has 110 valence electrons. The first-order chi connectivity index (χ1) is 9.39. The molecule has 2 rings (SSSR count). The van der Waals surface area contributed by atoms with Crippen LogP contribution in [-0.4, -0.2) is 55.8 Å². The van der Waals surface area contributed by atoms with E-state index in [9.17, 15) is 18.0 Å². The summed E-state index contributed by atoms with van der Waals surface area (Å²) in [7, 11) is -3.01. The summed E-state index contributed by atoms with van der Waals surface area (Å²) in [5.74, 6) is -0.561. The number of carbonyl (C=O) groups excluding carboxylic acids is 2. The van der Waals surface area contributed by atoms with Gasteiger partial charge in [0.1, 0.15) is 6.04 Å². The molecule has 0 saturated carbocycles. The van der Waals surface area contributed by atoms with E-state index in [-0.39, 0.29) is 36.4 Å². The van der Waals surface area contributed by atoms with E-state index >= 15 is 0 Å². The molecular weight excluding hydrogens is 300 g/mol. The van der Waals surface area contributed by atoms with E-state index in [2.05, 4.69) is 5.32 Å². The van der Waals surface area contributed by atoms with Crippen LogP contribution in [0.4, 0.5) is 0 Å². The first kappa shape index (κ1) is 15.0. The molecule has 6 nitrogen and oxygen atoms in total. The maximum atomic E-state index is 12.1. The number of thiophene rings is 1. The number of hydrogen-bond acceptors (Lipinski definition) is 5. The van der Waals surface area contributed by atoms with Gasteiger partial charge in [-0.25, -0.2) is 8.42 Å². The summed E-state index contributed by atoms with van der Waals surface area (Å²) in [5, 5.41) is 6.12. The Morgan fingerprint density at radius 3 is 2.55 bits per heavy atom. The molecule has 1 N–H and O–H groups in total. The minimum absolute atomic E-state index is 0.00998. The van der Waals surface area contributed by atoms with Crippen LogP contribution in [0.2, 0.25) is 0 Å². The number of nitrogens with one attached hydrogen (secondary N) is 1. The Balaban J connectivity index is 1.91. The fourth-order valence-corrected chi connectivity index (χ4v) is 3.78. The second kappa shape index (κ2) is 5.92. The first-order valence-corrected chi connectivity index (χ1v) is 8.98. The Hall–Kier alpha value is -1.41. The predicted octanol–water partition coefficient (Wildman–Crippen LogP) is 0.123. The van der Waals surface area contributed by atoms with Crippen molar-refractivity contribution in [2.24, 2.45) is 0 Å². The smallest absolute Gasteiger partial charge is 0.252 e. The van der Waals surface area contributed by atoms with E-state index in [1.807, 2.05) is 0 Å². The lowest BCUT2D eigenvalue weighted by Gasteiger charge is -2.29. The molecular formula is C12H16N2O4S2. The molecule has 1 atom stereocenters. The molecule has 2 amide bonds. The van der Waals surface area contributed by atoms with Gasteiger partial charge in [0.2, 0.25) is 5.91 Å². The van der Waals surface area contributed by atoms with Crippen LogP contribution in [-0.2, 0) is 14.6 Å². The van der Waals surface area contributed by atoms with E-state index in [0.717, 1.165) is 0 Å². The molecule has 0 spiro atoms. The largest absolute Gasteiger partial charge is 0.340 e. The van der Waals surface area contributed by atoms with Gasteiger partial charge < -0.3 is 10.2 Å². The monoisotopic (exact) mass is 316 g/mol. The molecule has 20 heavy (non-hydrogen) atoms. The maximum absolute atomic E-state index is 12.1. The fourth-order valence-electron chi connectivity index (χ4n) is 1.94. The summed E-state index contributed by atoms with van der Waals surface area (Å²) in [5.41, 5.74) is 0.524. The van der Waals surface area contributed by atoms with Gasteiger partial charge in [-0.3, -0.25) is 9.59 Å². The quantitative estimate of drug-likeness (QED) is 0.859. The van der Waals surface area contributed by atoms with E-state index in [1.165, 1.54) is 16.2 Å². The molecule has 1 saturated heterocycles. The average molecular weight is 316 g/mol. The molecule has 0 radical (unpaired) electrons. The van der Waals surface area contributed by atoms with Gasteiger partial charge >= 0.3 is 0 Å². The topological polar surface area (TPSA) is 83.6 Å². The van der Waals surface area contributed by atoms with Crippen LogP contribution in [0.5, 0.6) is 0 Å². The van der Waals surface area contributed by atoms with Crippen LogP contribution in [0.1, 0.15) is 17.3 Å². The highest BCUT2D eigenvalue weighted by Crippen LogP contribution is 2.08. The third kappa shape index (κ3) is 3.57. The Kier molecular flexibility index (Phi) is 4.44. The van der Waals surface area contributed by atoms with Crippen molar-refractivity contribution >= 4 is 33.0 Å². The van der Waals surface area contributed by atoms with Crippen molar-refractivity contribution in [1.82, 2.24) is 10.2 Å². The highest BCUT2D eigenvalue weighted by Gasteiger charge is 2.28. The van der Waals surface area contributed by atoms with E-state index in [0.29, 0.717) is 5.56 Å².